The highest BCUT2D eigenvalue weighted by Gasteiger charge is 1.94. The van der Waals surface area contributed by atoms with Crippen LogP contribution in [0.3, 0.4) is 0 Å². The van der Waals surface area contributed by atoms with Crippen LogP contribution in [0.25, 0.3) is 0 Å². The highest BCUT2D eigenvalue weighted by molar-refractivity contribution is 4.43. The van der Waals surface area contributed by atoms with Crippen molar-refractivity contribution in [1.82, 2.24) is 0 Å². The molecule has 0 aromatic heterocycles. The molecule has 0 N–H and O–H groups in total. The Balaban J connectivity index is 0.000000162. The van der Waals surface area contributed by atoms with E-state index in [-0.39, 0.29) is 0 Å². The molecule has 0 aromatic carbocycles. The smallest absolute Gasteiger partial charge is 0.0675 e. The molecule has 62 valence electrons. The zero-order valence-electron chi connectivity index (χ0n) is 7.68. The Morgan fingerprint density at radius 1 is 0.900 bits per heavy atom. The van der Waals surface area contributed by atoms with Gasteiger partial charge in [-0.3, -0.25) is 0 Å². The topological polar surface area (TPSA) is 9.23 Å². The van der Waals surface area contributed by atoms with Gasteiger partial charge in [0.15, 0.2) is 0 Å². The molecule has 0 spiro atoms. The van der Waals surface area contributed by atoms with E-state index in [0.29, 0.717) is 0 Å². The van der Waals surface area contributed by atoms with Gasteiger partial charge in [-0.25, -0.2) is 0 Å². The van der Waals surface area contributed by atoms with Crippen molar-refractivity contribution in [1.29, 1.82) is 0 Å². The first kappa shape index (κ1) is 9.92. The first-order chi connectivity index (χ1) is 4.50. The minimum absolute atomic E-state index is 1.00. The normalized spacial score (nSPS) is 18.0. The molecule has 0 bridgehead atoms. The van der Waals surface area contributed by atoms with Gasteiger partial charge in [0.25, 0.3) is 0 Å². The molecule has 10 heavy (non-hydrogen) atoms. The van der Waals surface area contributed by atoms with E-state index in [1.165, 1.54) is 12.8 Å². The van der Waals surface area contributed by atoms with E-state index in [4.69, 9.17) is 4.74 Å². The number of rotatable bonds is 0. The van der Waals surface area contributed by atoms with Crippen molar-refractivity contribution in [2.24, 2.45) is 0 Å². The summed E-state index contributed by atoms with van der Waals surface area (Å²) in [4.78, 5) is 0. The third-order valence-electron chi connectivity index (χ3n) is 0.827. The van der Waals surface area contributed by atoms with E-state index in [9.17, 15) is 0 Å². The number of ether oxygens (including phenoxy) is 1. The van der Waals surface area contributed by atoms with Crippen LogP contribution in [0.4, 0.5) is 0 Å². The van der Waals surface area contributed by atoms with Crippen LogP contribution >= 0.6 is 0 Å². The van der Waals surface area contributed by atoms with Crippen LogP contribution in [0.1, 0.15) is 12.8 Å². The van der Waals surface area contributed by atoms with Gasteiger partial charge in [-0.05, 0) is 12.8 Å². The molecule has 1 rings (SSSR count). The van der Waals surface area contributed by atoms with Crippen LogP contribution in [-0.2, 0) is 4.74 Å². The van der Waals surface area contributed by atoms with Gasteiger partial charge in [0.1, 0.15) is 0 Å². The Bertz CT molecular complexity index is 58.2. The minimum Gasteiger partial charge on any atom is -0.381 e. The standard InChI is InChI=1S/C4H12N.C4H8O/c1-5(2,3)4;1-2-4-5-3-1/h1-4H3;1-4H2/q+1;. The summed E-state index contributed by atoms with van der Waals surface area (Å²) in [5.74, 6) is 0. The molecule has 1 aliphatic heterocycles. The highest BCUT2D eigenvalue weighted by atomic mass is 16.5. The molecule has 1 aliphatic rings. The van der Waals surface area contributed by atoms with E-state index in [2.05, 4.69) is 28.2 Å². The second-order valence-electron chi connectivity index (χ2n) is 4.00. The average molecular weight is 146 g/mol. The van der Waals surface area contributed by atoms with Crippen molar-refractivity contribution >= 4 is 0 Å². The van der Waals surface area contributed by atoms with E-state index >= 15 is 0 Å². The Morgan fingerprint density at radius 2 is 1.20 bits per heavy atom. The minimum atomic E-state index is 1.00. The maximum atomic E-state index is 4.94. The first-order valence-electron chi connectivity index (χ1n) is 3.87. The van der Waals surface area contributed by atoms with Gasteiger partial charge < -0.3 is 9.22 Å². The van der Waals surface area contributed by atoms with E-state index < -0.39 is 0 Å². The second kappa shape index (κ2) is 4.69. The van der Waals surface area contributed by atoms with Crippen LogP contribution in [-0.4, -0.2) is 45.9 Å². The van der Waals surface area contributed by atoms with Crippen molar-refractivity contribution in [3.63, 3.8) is 0 Å². The van der Waals surface area contributed by atoms with E-state index in [1.807, 2.05) is 0 Å². The molecule has 0 unspecified atom stereocenters. The fourth-order valence-electron chi connectivity index (χ4n) is 0.510. The fraction of sp³-hybridized carbons (Fsp3) is 1.00. The van der Waals surface area contributed by atoms with E-state index in [0.717, 1.165) is 17.7 Å². The lowest BCUT2D eigenvalue weighted by atomic mass is 10.4. The van der Waals surface area contributed by atoms with Gasteiger partial charge in [-0.15, -0.1) is 0 Å². The van der Waals surface area contributed by atoms with Crippen molar-refractivity contribution in [3.8, 4) is 0 Å². The summed E-state index contributed by atoms with van der Waals surface area (Å²) >= 11 is 0. The van der Waals surface area contributed by atoms with Crippen LogP contribution in [0.5, 0.6) is 0 Å². The molecule has 0 aromatic rings. The lowest BCUT2D eigenvalue weighted by Gasteiger charge is -2.14. The van der Waals surface area contributed by atoms with Gasteiger partial charge in [0.05, 0.1) is 28.2 Å². The van der Waals surface area contributed by atoms with Gasteiger partial charge in [0, 0.05) is 13.2 Å². The molecule has 2 nitrogen and oxygen atoms in total. The molecule has 1 fully saturated rings. The maximum Gasteiger partial charge on any atom is 0.0675 e. The number of nitrogens with zero attached hydrogens (tertiary/aromatic N) is 1. The van der Waals surface area contributed by atoms with Crippen molar-refractivity contribution in [3.05, 3.63) is 0 Å². The summed E-state index contributed by atoms with van der Waals surface area (Å²) in [5.41, 5.74) is 0. The Hall–Kier alpha value is -0.0800. The van der Waals surface area contributed by atoms with Gasteiger partial charge in [0.2, 0.25) is 0 Å². The van der Waals surface area contributed by atoms with Crippen LogP contribution in [0.2, 0.25) is 0 Å². The van der Waals surface area contributed by atoms with Crippen LogP contribution in [0, 0.1) is 0 Å². The third-order valence-corrected chi connectivity index (χ3v) is 0.827. The molecule has 0 saturated carbocycles. The van der Waals surface area contributed by atoms with E-state index in [1.54, 1.807) is 0 Å². The van der Waals surface area contributed by atoms with Crippen LogP contribution < -0.4 is 0 Å². The van der Waals surface area contributed by atoms with Gasteiger partial charge in [-0.1, -0.05) is 0 Å². The lowest BCUT2D eigenvalue weighted by Crippen LogP contribution is -2.27. The maximum absolute atomic E-state index is 4.94. The van der Waals surface area contributed by atoms with Crippen LogP contribution in [0.15, 0.2) is 0 Å². The van der Waals surface area contributed by atoms with Gasteiger partial charge >= 0.3 is 0 Å². The molecule has 1 saturated heterocycles. The molecule has 0 radical (unpaired) electrons. The summed E-state index contributed by atoms with van der Waals surface area (Å²) < 4.78 is 5.94. The summed E-state index contributed by atoms with van der Waals surface area (Å²) in [6.07, 6.45) is 2.56. The first-order valence-corrected chi connectivity index (χ1v) is 3.87. The lowest BCUT2D eigenvalue weighted by molar-refractivity contribution is -0.849. The summed E-state index contributed by atoms with van der Waals surface area (Å²) in [5, 5.41) is 0. The predicted molar refractivity (Wildman–Crippen MR) is 44.0 cm³/mol. The molecule has 1 heterocycles. The Labute approximate surface area is 64.4 Å². The highest BCUT2D eigenvalue weighted by Crippen LogP contribution is 1.98. The quantitative estimate of drug-likeness (QED) is 0.465. The largest absolute Gasteiger partial charge is 0.381 e. The van der Waals surface area contributed by atoms with Crippen molar-refractivity contribution in [2.75, 3.05) is 41.4 Å². The molecular weight excluding hydrogens is 126 g/mol. The number of hydrogen-bond donors (Lipinski definition) is 0. The predicted octanol–water partition coefficient (Wildman–Crippen LogP) is 1.12. The Morgan fingerprint density at radius 3 is 1.30 bits per heavy atom. The van der Waals surface area contributed by atoms with Crippen molar-refractivity contribution in [2.45, 2.75) is 12.8 Å². The number of hydrogen-bond acceptors (Lipinski definition) is 1. The summed E-state index contributed by atoms with van der Waals surface area (Å²) in [7, 11) is 8.50. The Kier molecular flexibility index (Phi) is 4.65. The molecule has 0 atom stereocenters. The SMILES string of the molecule is C1CCOC1.C[N+](C)(C)C. The summed E-state index contributed by atoms with van der Waals surface area (Å²) in [6.45, 7) is 2.00. The third kappa shape index (κ3) is 15.7. The monoisotopic (exact) mass is 146 g/mol. The molecular formula is C8H20NO+. The zero-order valence-corrected chi connectivity index (χ0v) is 7.68. The molecule has 2 heteroatoms. The van der Waals surface area contributed by atoms with Crippen molar-refractivity contribution < 1.29 is 9.22 Å². The number of quaternary nitrogens is 1. The van der Waals surface area contributed by atoms with Gasteiger partial charge in [-0.2, -0.15) is 0 Å². The zero-order chi connectivity index (χ0) is 8.04. The molecule has 0 amide bonds. The second-order valence-corrected chi connectivity index (χ2v) is 4.00. The average Bonchev–Trinajstić information content (AvgIpc) is 2.07. The summed E-state index contributed by atoms with van der Waals surface area (Å²) in [6, 6.07) is 0. The molecule has 0 aliphatic carbocycles. The fourth-order valence-corrected chi connectivity index (χ4v) is 0.510.